The molecule has 106 valence electrons. The van der Waals surface area contributed by atoms with Crippen LogP contribution in [0.3, 0.4) is 0 Å². The van der Waals surface area contributed by atoms with Gasteiger partial charge >= 0.3 is 0 Å². The van der Waals surface area contributed by atoms with E-state index in [1.807, 2.05) is 0 Å². The maximum absolute atomic E-state index is 13.0. The first-order chi connectivity index (χ1) is 10.1. The van der Waals surface area contributed by atoms with Crippen molar-refractivity contribution in [2.24, 2.45) is 0 Å². The Morgan fingerprint density at radius 3 is 2.57 bits per heavy atom. The van der Waals surface area contributed by atoms with E-state index in [1.165, 1.54) is 12.1 Å². The number of aryl methyl sites for hydroxylation is 1. The summed E-state index contributed by atoms with van der Waals surface area (Å²) in [5, 5.41) is 0. The number of nitrogens with zero attached hydrogens (tertiary/aromatic N) is 2. The summed E-state index contributed by atoms with van der Waals surface area (Å²) in [5.41, 5.74) is 1.41. The molecule has 1 fully saturated rings. The summed E-state index contributed by atoms with van der Waals surface area (Å²) in [7, 11) is 0. The van der Waals surface area contributed by atoms with Crippen LogP contribution in [-0.4, -0.2) is 16.8 Å². The van der Waals surface area contributed by atoms with Crippen LogP contribution >= 0.6 is 0 Å². The van der Waals surface area contributed by atoms with Gasteiger partial charge in [-0.05, 0) is 36.2 Å². The molecule has 1 aromatic heterocycles. The molecule has 5 heteroatoms. The molecule has 1 unspecified atom stereocenters. The van der Waals surface area contributed by atoms with E-state index in [1.54, 1.807) is 37.4 Å². The number of imide groups is 1. The van der Waals surface area contributed by atoms with Gasteiger partial charge in [-0.2, -0.15) is 0 Å². The van der Waals surface area contributed by atoms with Crippen molar-refractivity contribution < 1.29 is 14.0 Å². The topological polar surface area (TPSA) is 50.3 Å². The van der Waals surface area contributed by atoms with Crippen LogP contribution in [0.5, 0.6) is 0 Å². The molecule has 2 aromatic rings. The number of aromatic nitrogens is 1. The van der Waals surface area contributed by atoms with E-state index in [9.17, 15) is 14.0 Å². The van der Waals surface area contributed by atoms with E-state index in [4.69, 9.17) is 0 Å². The van der Waals surface area contributed by atoms with Crippen LogP contribution in [0.25, 0.3) is 0 Å². The van der Waals surface area contributed by atoms with Crippen LogP contribution in [-0.2, 0) is 9.59 Å². The predicted molar refractivity (Wildman–Crippen MR) is 75.2 cm³/mol. The molecule has 2 amide bonds. The molecule has 0 spiro atoms. The summed E-state index contributed by atoms with van der Waals surface area (Å²) in [6.45, 7) is 1.80. The van der Waals surface area contributed by atoms with Crippen LogP contribution in [0.15, 0.2) is 42.6 Å². The minimum atomic E-state index is -0.570. The normalized spacial score (nSPS) is 18.4. The lowest BCUT2D eigenvalue weighted by Gasteiger charge is -2.16. The second-order valence-electron chi connectivity index (χ2n) is 5.02. The van der Waals surface area contributed by atoms with E-state index in [-0.39, 0.29) is 24.1 Å². The van der Waals surface area contributed by atoms with Crippen molar-refractivity contribution in [1.82, 2.24) is 4.98 Å². The molecule has 0 N–H and O–H groups in total. The molecule has 1 aromatic carbocycles. The number of rotatable bonds is 2. The third kappa shape index (κ3) is 2.31. The molecule has 2 heterocycles. The quantitative estimate of drug-likeness (QED) is 0.796. The van der Waals surface area contributed by atoms with Crippen molar-refractivity contribution in [2.45, 2.75) is 19.3 Å². The Labute approximate surface area is 121 Å². The Morgan fingerprint density at radius 1 is 1.19 bits per heavy atom. The molecule has 0 bridgehead atoms. The van der Waals surface area contributed by atoms with E-state index in [2.05, 4.69) is 4.98 Å². The number of halogens is 1. The summed E-state index contributed by atoms with van der Waals surface area (Å²) in [4.78, 5) is 30.0. The number of pyridine rings is 1. The van der Waals surface area contributed by atoms with Crippen LogP contribution < -0.4 is 4.90 Å². The first kappa shape index (κ1) is 13.4. The van der Waals surface area contributed by atoms with Crippen molar-refractivity contribution in [3.63, 3.8) is 0 Å². The molecular formula is C16H13FN2O2. The monoisotopic (exact) mass is 284 g/mol. The van der Waals surface area contributed by atoms with Crippen molar-refractivity contribution in [3.8, 4) is 0 Å². The van der Waals surface area contributed by atoms with Crippen molar-refractivity contribution in [3.05, 3.63) is 59.5 Å². The first-order valence-corrected chi connectivity index (χ1v) is 6.62. The molecular weight excluding hydrogens is 271 g/mol. The highest BCUT2D eigenvalue weighted by atomic mass is 19.1. The van der Waals surface area contributed by atoms with Crippen LogP contribution in [0.1, 0.15) is 23.5 Å². The van der Waals surface area contributed by atoms with Gasteiger partial charge in [0.05, 0.1) is 5.92 Å². The summed E-state index contributed by atoms with van der Waals surface area (Å²) in [5.74, 6) is -1.16. The Kier molecular flexibility index (Phi) is 3.25. The summed E-state index contributed by atoms with van der Waals surface area (Å²) in [6, 6.07) is 9.22. The van der Waals surface area contributed by atoms with Gasteiger partial charge in [0, 0.05) is 12.6 Å². The number of carbonyl (C=O) groups excluding carboxylic acids is 2. The molecule has 1 atom stereocenters. The van der Waals surface area contributed by atoms with Gasteiger partial charge in [-0.15, -0.1) is 0 Å². The molecule has 1 aliphatic heterocycles. The lowest BCUT2D eigenvalue weighted by atomic mass is 9.98. The van der Waals surface area contributed by atoms with Crippen molar-refractivity contribution >= 4 is 17.6 Å². The average molecular weight is 284 g/mol. The van der Waals surface area contributed by atoms with Gasteiger partial charge < -0.3 is 0 Å². The maximum atomic E-state index is 13.0. The fraction of sp³-hybridized carbons (Fsp3) is 0.188. The summed E-state index contributed by atoms with van der Waals surface area (Å²) in [6.07, 6.45) is 1.63. The number of amides is 2. The molecule has 0 aliphatic carbocycles. The average Bonchev–Trinajstić information content (AvgIpc) is 2.76. The van der Waals surface area contributed by atoms with Gasteiger partial charge in [0.2, 0.25) is 11.8 Å². The summed E-state index contributed by atoms with van der Waals surface area (Å²) < 4.78 is 13.0. The Hall–Kier alpha value is -2.56. The minimum Gasteiger partial charge on any atom is -0.274 e. The number of benzene rings is 1. The molecule has 0 saturated carbocycles. The second-order valence-corrected chi connectivity index (χ2v) is 5.02. The van der Waals surface area contributed by atoms with E-state index >= 15 is 0 Å². The maximum Gasteiger partial charge on any atom is 0.243 e. The van der Waals surface area contributed by atoms with E-state index < -0.39 is 5.92 Å². The minimum absolute atomic E-state index is 0.0838. The Balaban J connectivity index is 1.96. The van der Waals surface area contributed by atoms with Gasteiger partial charge in [0.15, 0.2) is 0 Å². The van der Waals surface area contributed by atoms with Gasteiger partial charge in [-0.1, -0.05) is 18.2 Å². The molecule has 21 heavy (non-hydrogen) atoms. The molecule has 0 radical (unpaired) electrons. The molecule has 1 saturated heterocycles. The Bertz CT molecular complexity index is 712. The fourth-order valence-electron chi connectivity index (χ4n) is 2.52. The zero-order chi connectivity index (χ0) is 15.0. The third-order valence-electron chi connectivity index (χ3n) is 3.61. The lowest BCUT2D eigenvalue weighted by molar-refractivity contribution is -0.121. The van der Waals surface area contributed by atoms with Crippen LogP contribution in [0.2, 0.25) is 0 Å². The number of anilines is 1. The Morgan fingerprint density at radius 2 is 1.90 bits per heavy atom. The highest BCUT2D eigenvalue weighted by Gasteiger charge is 2.41. The van der Waals surface area contributed by atoms with Crippen LogP contribution in [0, 0.1) is 12.7 Å². The SMILES string of the molecule is Cc1cccnc1N1C(=O)CC(c2ccc(F)cc2)C1=O. The van der Waals surface area contributed by atoms with Gasteiger partial charge in [0.25, 0.3) is 0 Å². The van der Waals surface area contributed by atoms with E-state index in [0.29, 0.717) is 11.4 Å². The lowest BCUT2D eigenvalue weighted by Crippen LogP contribution is -2.31. The zero-order valence-electron chi connectivity index (χ0n) is 11.4. The van der Waals surface area contributed by atoms with Gasteiger partial charge in [0.1, 0.15) is 11.6 Å². The largest absolute Gasteiger partial charge is 0.274 e. The van der Waals surface area contributed by atoms with Gasteiger partial charge in [-0.3, -0.25) is 9.59 Å². The van der Waals surface area contributed by atoms with Crippen LogP contribution in [0.4, 0.5) is 10.2 Å². The summed E-state index contributed by atoms with van der Waals surface area (Å²) >= 11 is 0. The van der Waals surface area contributed by atoms with Crippen molar-refractivity contribution in [2.75, 3.05) is 4.90 Å². The fourth-order valence-corrected chi connectivity index (χ4v) is 2.52. The zero-order valence-corrected chi connectivity index (χ0v) is 11.4. The molecule has 1 aliphatic rings. The highest BCUT2D eigenvalue weighted by Crippen LogP contribution is 2.33. The molecule has 3 rings (SSSR count). The van der Waals surface area contributed by atoms with Gasteiger partial charge in [-0.25, -0.2) is 14.3 Å². The molecule has 4 nitrogen and oxygen atoms in total. The predicted octanol–water partition coefficient (Wildman–Crippen LogP) is 2.58. The third-order valence-corrected chi connectivity index (χ3v) is 3.61. The number of hydrogen-bond donors (Lipinski definition) is 0. The first-order valence-electron chi connectivity index (χ1n) is 6.62. The smallest absolute Gasteiger partial charge is 0.243 e. The second kappa shape index (κ2) is 5.09. The van der Waals surface area contributed by atoms with Crippen molar-refractivity contribution in [1.29, 1.82) is 0 Å². The standard InChI is InChI=1S/C16H13FN2O2/c1-10-3-2-8-18-15(10)19-14(20)9-13(16(19)21)11-4-6-12(17)7-5-11/h2-8,13H,9H2,1H3. The highest BCUT2D eigenvalue weighted by molar-refractivity contribution is 6.22. The van der Waals surface area contributed by atoms with E-state index in [0.717, 1.165) is 10.5 Å². The number of carbonyl (C=O) groups is 2. The number of hydrogen-bond acceptors (Lipinski definition) is 3.